The van der Waals surface area contributed by atoms with Gasteiger partial charge in [-0.25, -0.2) is 0 Å². The molecule has 1 aliphatic carbocycles. The number of carbonyl (C=O) groups is 1. The Labute approximate surface area is 131 Å². The van der Waals surface area contributed by atoms with Crippen molar-refractivity contribution in [3.05, 3.63) is 24.2 Å². The molecule has 5 heteroatoms. The van der Waals surface area contributed by atoms with E-state index in [1.807, 2.05) is 6.07 Å². The average Bonchev–Trinajstić information content (AvgIpc) is 3.00. The van der Waals surface area contributed by atoms with Crippen LogP contribution in [0.25, 0.3) is 0 Å². The van der Waals surface area contributed by atoms with Gasteiger partial charge in [-0.3, -0.25) is 9.69 Å². The lowest BCUT2D eigenvalue weighted by Crippen LogP contribution is -2.52. The molecule has 0 spiro atoms. The number of hydrogen-bond acceptors (Lipinski definition) is 4. The van der Waals surface area contributed by atoms with Crippen molar-refractivity contribution >= 4 is 5.91 Å². The third-order valence-electron chi connectivity index (χ3n) is 5.21. The van der Waals surface area contributed by atoms with Gasteiger partial charge in [0.15, 0.2) is 0 Å². The topological polar surface area (TPSA) is 54.7 Å². The first kappa shape index (κ1) is 14.3. The van der Waals surface area contributed by atoms with Crippen LogP contribution in [0.2, 0.25) is 0 Å². The monoisotopic (exact) mass is 304 g/mol. The maximum absolute atomic E-state index is 12.5. The second kappa shape index (κ2) is 6.05. The van der Waals surface area contributed by atoms with Crippen molar-refractivity contribution in [1.82, 2.24) is 10.2 Å². The van der Waals surface area contributed by atoms with Gasteiger partial charge in [0.05, 0.1) is 24.5 Å². The molecule has 4 rings (SSSR count). The molecule has 0 bridgehead atoms. The van der Waals surface area contributed by atoms with E-state index in [0.717, 1.165) is 45.0 Å². The summed E-state index contributed by atoms with van der Waals surface area (Å²) in [6, 6.07) is 2.45. The van der Waals surface area contributed by atoms with Gasteiger partial charge in [0.25, 0.3) is 0 Å². The van der Waals surface area contributed by atoms with Gasteiger partial charge in [0, 0.05) is 37.8 Å². The van der Waals surface area contributed by atoms with Crippen LogP contribution in [0.1, 0.15) is 31.2 Å². The summed E-state index contributed by atoms with van der Waals surface area (Å²) in [5, 5.41) is 3.13. The van der Waals surface area contributed by atoms with Crippen LogP contribution in [0, 0.1) is 11.8 Å². The summed E-state index contributed by atoms with van der Waals surface area (Å²) in [7, 11) is 0. The zero-order chi connectivity index (χ0) is 14.9. The molecule has 0 aromatic carbocycles. The van der Waals surface area contributed by atoms with Gasteiger partial charge in [0.2, 0.25) is 5.91 Å². The molecule has 5 nitrogen and oxygen atoms in total. The van der Waals surface area contributed by atoms with E-state index in [-0.39, 0.29) is 17.9 Å². The summed E-state index contributed by atoms with van der Waals surface area (Å²) >= 11 is 0. The van der Waals surface area contributed by atoms with Gasteiger partial charge >= 0.3 is 0 Å². The molecule has 22 heavy (non-hydrogen) atoms. The van der Waals surface area contributed by atoms with Gasteiger partial charge in [-0.05, 0) is 37.7 Å². The fourth-order valence-electron chi connectivity index (χ4n) is 3.75. The van der Waals surface area contributed by atoms with Crippen LogP contribution in [-0.2, 0) is 16.1 Å². The highest BCUT2D eigenvalue weighted by Gasteiger charge is 2.42. The molecule has 2 saturated heterocycles. The Morgan fingerprint density at radius 3 is 3.05 bits per heavy atom. The summed E-state index contributed by atoms with van der Waals surface area (Å²) in [6.07, 6.45) is 8.18. The minimum absolute atomic E-state index is 0.0463. The van der Waals surface area contributed by atoms with Crippen LogP contribution < -0.4 is 5.32 Å². The zero-order valence-electron chi connectivity index (χ0n) is 12.9. The van der Waals surface area contributed by atoms with Gasteiger partial charge in [-0.1, -0.05) is 0 Å². The summed E-state index contributed by atoms with van der Waals surface area (Å²) in [4.78, 5) is 14.9. The number of nitrogens with one attached hydrogen (secondary N) is 1. The Morgan fingerprint density at radius 2 is 2.27 bits per heavy atom. The summed E-state index contributed by atoms with van der Waals surface area (Å²) in [6.45, 7) is 3.33. The predicted octanol–water partition coefficient (Wildman–Crippen LogP) is 1.79. The smallest absolute Gasteiger partial charge is 0.224 e. The first-order chi connectivity index (χ1) is 10.8. The highest BCUT2D eigenvalue weighted by Crippen LogP contribution is 2.33. The first-order valence-electron chi connectivity index (χ1n) is 8.44. The van der Waals surface area contributed by atoms with Crippen LogP contribution in [0.5, 0.6) is 0 Å². The number of fused-ring (bicyclic) bond motifs is 1. The zero-order valence-corrected chi connectivity index (χ0v) is 12.9. The molecule has 1 aromatic heterocycles. The van der Waals surface area contributed by atoms with Gasteiger partial charge in [-0.2, -0.15) is 0 Å². The standard InChI is InChI=1S/C17H24N2O3/c20-17(18-8-12-1-2-12)14-7-16-15(4-6-22-16)19(10-14)9-13-3-5-21-11-13/h3,5,11-12,14-16H,1-2,4,6-10H2,(H,18,20)/t14-,15+,16+/m0/s1. The molecule has 120 valence electrons. The maximum atomic E-state index is 12.5. The van der Waals surface area contributed by atoms with Crippen LogP contribution in [-0.4, -0.2) is 42.6 Å². The maximum Gasteiger partial charge on any atom is 0.224 e. The minimum Gasteiger partial charge on any atom is -0.472 e. The molecule has 2 aliphatic heterocycles. The Bertz CT molecular complexity index is 512. The molecule has 0 unspecified atom stereocenters. The first-order valence-corrected chi connectivity index (χ1v) is 8.44. The van der Waals surface area contributed by atoms with Crippen LogP contribution >= 0.6 is 0 Å². The number of rotatable bonds is 5. The predicted molar refractivity (Wildman–Crippen MR) is 81.1 cm³/mol. The molecule has 3 heterocycles. The Balaban J connectivity index is 1.41. The number of likely N-dealkylation sites (tertiary alicyclic amines) is 1. The van der Waals surface area contributed by atoms with Crippen LogP contribution in [0.4, 0.5) is 0 Å². The largest absolute Gasteiger partial charge is 0.472 e. The average molecular weight is 304 g/mol. The Morgan fingerprint density at radius 1 is 1.36 bits per heavy atom. The molecule has 3 aliphatic rings. The lowest BCUT2D eigenvalue weighted by molar-refractivity contribution is -0.129. The van der Waals surface area contributed by atoms with Gasteiger partial charge < -0.3 is 14.5 Å². The van der Waals surface area contributed by atoms with E-state index >= 15 is 0 Å². The van der Waals surface area contributed by atoms with E-state index in [1.165, 1.54) is 18.4 Å². The lowest BCUT2D eigenvalue weighted by atomic mass is 9.89. The van der Waals surface area contributed by atoms with Crippen molar-refractivity contribution in [1.29, 1.82) is 0 Å². The molecule has 3 fully saturated rings. The number of piperidine rings is 1. The fraction of sp³-hybridized carbons (Fsp3) is 0.706. The van der Waals surface area contributed by atoms with Crippen molar-refractivity contribution in [3.63, 3.8) is 0 Å². The molecular weight excluding hydrogens is 280 g/mol. The summed E-state index contributed by atoms with van der Waals surface area (Å²) < 4.78 is 11.1. The second-order valence-electron chi connectivity index (χ2n) is 6.95. The number of carbonyl (C=O) groups excluding carboxylic acids is 1. The van der Waals surface area contributed by atoms with E-state index in [1.54, 1.807) is 12.5 Å². The normalized spacial score (nSPS) is 31.9. The van der Waals surface area contributed by atoms with Crippen LogP contribution in [0.3, 0.4) is 0 Å². The Hall–Kier alpha value is -1.33. The lowest BCUT2D eigenvalue weighted by Gasteiger charge is -2.40. The third-order valence-corrected chi connectivity index (χ3v) is 5.21. The minimum atomic E-state index is 0.0463. The molecular formula is C17H24N2O3. The quantitative estimate of drug-likeness (QED) is 0.901. The second-order valence-corrected chi connectivity index (χ2v) is 6.95. The molecule has 1 N–H and O–H groups in total. The SMILES string of the molecule is O=C(NCC1CC1)[C@H]1C[C@H]2OCC[C@H]2N(Cc2ccoc2)C1. The summed E-state index contributed by atoms with van der Waals surface area (Å²) in [5.41, 5.74) is 1.17. The van der Waals surface area contributed by atoms with Crippen molar-refractivity contribution < 1.29 is 13.9 Å². The van der Waals surface area contributed by atoms with E-state index in [9.17, 15) is 4.79 Å². The van der Waals surface area contributed by atoms with Crippen molar-refractivity contribution in [2.75, 3.05) is 19.7 Å². The number of ether oxygens (including phenoxy) is 1. The number of nitrogens with zero attached hydrogens (tertiary/aromatic N) is 1. The van der Waals surface area contributed by atoms with Crippen molar-refractivity contribution in [2.24, 2.45) is 11.8 Å². The van der Waals surface area contributed by atoms with Gasteiger partial charge in [0.1, 0.15) is 0 Å². The van der Waals surface area contributed by atoms with Crippen molar-refractivity contribution in [2.45, 2.75) is 44.4 Å². The van der Waals surface area contributed by atoms with Crippen molar-refractivity contribution in [3.8, 4) is 0 Å². The number of amides is 1. The Kier molecular flexibility index (Phi) is 3.92. The number of hydrogen-bond donors (Lipinski definition) is 1. The summed E-state index contributed by atoms with van der Waals surface area (Å²) in [5.74, 6) is 0.980. The van der Waals surface area contributed by atoms with Gasteiger partial charge in [-0.15, -0.1) is 0 Å². The molecule has 3 atom stereocenters. The van der Waals surface area contributed by atoms with E-state index < -0.39 is 0 Å². The number of furan rings is 1. The van der Waals surface area contributed by atoms with E-state index in [4.69, 9.17) is 9.15 Å². The molecule has 1 saturated carbocycles. The molecule has 1 amide bonds. The fourth-order valence-corrected chi connectivity index (χ4v) is 3.75. The molecule has 0 radical (unpaired) electrons. The highest BCUT2D eigenvalue weighted by atomic mass is 16.5. The van der Waals surface area contributed by atoms with E-state index in [0.29, 0.717) is 6.04 Å². The third kappa shape index (κ3) is 3.06. The highest BCUT2D eigenvalue weighted by molar-refractivity contribution is 5.79. The molecule has 1 aromatic rings. The van der Waals surface area contributed by atoms with Crippen LogP contribution in [0.15, 0.2) is 23.0 Å². The van der Waals surface area contributed by atoms with E-state index in [2.05, 4.69) is 10.2 Å².